The van der Waals surface area contributed by atoms with Crippen molar-refractivity contribution in [2.24, 2.45) is 11.8 Å². The summed E-state index contributed by atoms with van der Waals surface area (Å²) in [6, 6.07) is 4.82. The molecular weight excluding hydrogens is 400 g/mol. The Labute approximate surface area is 181 Å². The van der Waals surface area contributed by atoms with Crippen LogP contribution in [0.25, 0.3) is 0 Å². The number of methoxy groups -OCH3 is 1. The molecule has 0 atom stereocenters. The zero-order chi connectivity index (χ0) is 23.3. The van der Waals surface area contributed by atoms with Gasteiger partial charge in [-0.15, -0.1) is 0 Å². The van der Waals surface area contributed by atoms with Crippen LogP contribution in [0.1, 0.15) is 45.0 Å². The number of amides is 1. The molecule has 3 N–H and O–H groups in total. The van der Waals surface area contributed by atoms with Gasteiger partial charge in [-0.25, -0.2) is 4.79 Å². The number of nitrogen functional groups attached to an aromatic ring is 1. The van der Waals surface area contributed by atoms with Crippen molar-refractivity contribution in [1.82, 2.24) is 9.55 Å². The predicted molar refractivity (Wildman–Crippen MR) is 121 cm³/mol. The van der Waals surface area contributed by atoms with Crippen molar-refractivity contribution in [2.45, 2.75) is 41.2 Å². The lowest BCUT2D eigenvalue weighted by molar-refractivity contribution is 0.0983. The van der Waals surface area contributed by atoms with Gasteiger partial charge < -0.3 is 20.1 Å². The molecule has 0 radical (unpaired) electrons. The summed E-state index contributed by atoms with van der Waals surface area (Å²) in [5, 5.41) is 0. The van der Waals surface area contributed by atoms with Crippen LogP contribution < -0.4 is 31.4 Å². The maximum Gasteiger partial charge on any atom is 0.330 e. The summed E-state index contributed by atoms with van der Waals surface area (Å²) in [5.74, 6) is 0.612. The zero-order valence-electron chi connectivity index (χ0n) is 19.0. The number of carbonyl (C=O) groups excluding carboxylic acids is 1. The van der Waals surface area contributed by atoms with Gasteiger partial charge in [-0.3, -0.25) is 19.1 Å². The van der Waals surface area contributed by atoms with Crippen molar-refractivity contribution in [2.75, 3.05) is 30.9 Å². The molecular formula is C22H32N4O5. The molecule has 0 saturated heterocycles. The third-order valence-electron chi connectivity index (χ3n) is 4.54. The van der Waals surface area contributed by atoms with Crippen LogP contribution >= 0.6 is 0 Å². The Morgan fingerprint density at radius 3 is 2.39 bits per heavy atom. The SMILES string of the molecule is CCOc1ccc(C(=O)N(CC(C)C)c2c(N)n(CC(C)C)c(=O)[nH]c2=O)cc1OC. The first kappa shape index (κ1) is 24.0. The van der Waals surface area contributed by atoms with Crippen molar-refractivity contribution < 1.29 is 14.3 Å². The molecule has 0 aliphatic carbocycles. The molecule has 9 nitrogen and oxygen atoms in total. The second kappa shape index (κ2) is 10.2. The summed E-state index contributed by atoms with van der Waals surface area (Å²) >= 11 is 0. The average Bonchev–Trinajstić information content (AvgIpc) is 2.69. The largest absolute Gasteiger partial charge is 0.493 e. The molecule has 9 heteroatoms. The standard InChI is InChI=1S/C22H32N4O5/c1-7-31-16-9-8-15(10-17(16)30-6)21(28)25(11-13(2)3)18-19(23)26(12-14(4)5)22(29)24-20(18)27/h8-10,13-14H,7,11-12,23H2,1-6H3,(H,24,27,29). The lowest BCUT2D eigenvalue weighted by Gasteiger charge is -2.26. The van der Waals surface area contributed by atoms with Gasteiger partial charge in [-0.05, 0) is 37.0 Å². The fourth-order valence-electron chi connectivity index (χ4n) is 3.26. The Hall–Kier alpha value is -3.23. The maximum absolute atomic E-state index is 13.5. The maximum atomic E-state index is 13.5. The molecule has 2 aromatic rings. The Morgan fingerprint density at radius 2 is 1.84 bits per heavy atom. The average molecular weight is 433 g/mol. The lowest BCUT2D eigenvalue weighted by Crippen LogP contribution is -2.43. The van der Waals surface area contributed by atoms with Crippen molar-refractivity contribution >= 4 is 17.4 Å². The van der Waals surface area contributed by atoms with Crippen LogP contribution in [0.4, 0.5) is 11.5 Å². The first-order chi connectivity index (χ1) is 14.6. The Bertz CT molecular complexity index is 1040. The summed E-state index contributed by atoms with van der Waals surface area (Å²) in [7, 11) is 1.49. The van der Waals surface area contributed by atoms with E-state index in [-0.39, 0.29) is 29.9 Å². The molecule has 0 fully saturated rings. The van der Waals surface area contributed by atoms with E-state index in [2.05, 4.69) is 4.98 Å². The minimum atomic E-state index is -0.700. The smallest absolute Gasteiger partial charge is 0.330 e. The highest BCUT2D eigenvalue weighted by Gasteiger charge is 2.27. The number of ether oxygens (including phenoxy) is 2. The topological polar surface area (TPSA) is 120 Å². The first-order valence-corrected chi connectivity index (χ1v) is 10.4. The first-order valence-electron chi connectivity index (χ1n) is 10.4. The van der Waals surface area contributed by atoms with Crippen LogP contribution in [0.5, 0.6) is 11.5 Å². The molecule has 1 aromatic heterocycles. The van der Waals surface area contributed by atoms with E-state index in [1.807, 2.05) is 34.6 Å². The molecule has 170 valence electrons. The number of H-pyrrole nitrogens is 1. The third-order valence-corrected chi connectivity index (χ3v) is 4.54. The Morgan fingerprint density at radius 1 is 1.16 bits per heavy atom. The van der Waals surface area contributed by atoms with Crippen molar-refractivity contribution in [1.29, 1.82) is 0 Å². The van der Waals surface area contributed by atoms with Crippen LogP contribution in [0.15, 0.2) is 27.8 Å². The van der Waals surface area contributed by atoms with Gasteiger partial charge in [0, 0.05) is 18.7 Å². The summed E-state index contributed by atoms with van der Waals surface area (Å²) < 4.78 is 12.2. The van der Waals surface area contributed by atoms with Crippen LogP contribution in [0.3, 0.4) is 0 Å². The summed E-state index contributed by atoms with van der Waals surface area (Å²) in [6.45, 7) is 10.6. The van der Waals surface area contributed by atoms with Crippen molar-refractivity contribution in [3.8, 4) is 11.5 Å². The Balaban J connectivity index is 2.63. The van der Waals surface area contributed by atoms with E-state index in [0.717, 1.165) is 0 Å². The fourth-order valence-corrected chi connectivity index (χ4v) is 3.26. The van der Waals surface area contributed by atoms with E-state index in [1.165, 1.54) is 16.6 Å². The second-order valence-corrected chi connectivity index (χ2v) is 8.11. The predicted octanol–water partition coefficient (Wildman–Crippen LogP) is 2.48. The molecule has 1 heterocycles. The molecule has 31 heavy (non-hydrogen) atoms. The van der Waals surface area contributed by atoms with Gasteiger partial charge >= 0.3 is 5.69 Å². The Kier molecular flexibility index (Phi) is 7.90. The van der Waals surface area contributed by atoms with Gasteiger partial charge in [-0.1, -0.05) is 27.7 Å². The summed E-state index contributed by atoms with van der Waals surface area (Å²) in [4.78, 5) is 42.1. The van der Waals surface area contributed by atoms with Crippen LogP contribution in [-0.2, 0) is 6.54 Å². The van der Waals surface area contributed by atoms with E-state index in [1.54, 1.807) is 18.2 Å². The number of hydrogen-bond donors (Lipinski definition) is 2. The molecule has 0 unspecified atom stereocenters. The molecule has 2 rings (SSSR count). The monoisotopic (exact) mass is 432 g/mol. The quantitative estimate of drug-likeness (QED) is 0.628. The number of nitrogens with one attached hydrogen (secondary N) is 1. The number of benzene rings is 1. The fraction of sp³-hybridized carbons (Fsp3) is 0.500. The van der Waals surface area contributed by atoms with Gasteiger partial charge in [0.25, 0.3) is 11.5 Å². The van der Waals surface area contributed by atoms with Gasteiger partial charge in [0.2, 0.25) is 0 Å². The number of aromatic nitrogens is 2. The molecule has 0 bridgehead atoms. The summed E-state index contributed by atoms with van der Waals surface area (Å²) in [5.41, 5.74) is 5.22. The van der Waals surface area contributed by atoms with Gasteiger partial charge in [0.1, 0.15) is 5.82 Å². The highest BCUT2D eigenvalue weighted by atomic mass is 16.5. The number of hydrogen-bond acceptors (Lipinski definition) is 6. The minimum Gasteiger partial charge on any atom is -0.493 e. The number of aromatic amines is 1. The van der Waals surface area contributed by atoms with Gasteiger partial charge in [0.15, 0.2) is 17.2 Å². The number of carbonyl (C=O) groups is 1. The van der Waals surface area contributed by atoms with Crippen LogP contribution in [-0.4, -0.2) is 35.7 Å². The van der Waals surface area contributed by atoms with E-state index >= 15 is 0 Å². The van der Waals surface area contributed by atoms with Crippen LogP contribution in [0, 0.1) is 11.8 Å². The van der Waals surface area contributed by atoms with E-state index in [4.69, 9.17) is 15.2 Å². The normalized spacial score (nSPS) is 11.1. The lowest BCUT2D eigenvalue weighted by atomic mass is 10.1. The van der Waals surface area contributed by atoms with E-state index < -0.39 is 17.2 Å². The molecule has 1 amide bonds. The second-order valence-electron chi connectivity index (χ2n) is 8.11. The molecule has 0 aliphatic rings. The third kappa shape index (κ3) is 5.48. The number of nitrogens with zero attached hydrogens (tertiary/aromatic N) is 2. The zero-order valence-corrected chi connectivity index (χ0v) is 19.0. The number of rotatable bonds is 9. The molecule has 0 aliphatic heterocycles. The number of anilines is 2. The van der Waals surface area contributed by atoms with Gasteiger partial charge in [0.05, 0.1) is 13.7 Å². The molecule has 0 spiro atoms. The van der Waals surface area contributed by atoms with E-state index in [0.29, 0.717) is 30.2 Å². The number of nitrogens with two attached hydrogens (primary N) is 1. The summed E-state index contributed by atoms with van der Waals surface area (Å²) in [6.07, 6.45) is 0. The van der Waals surface area contributed by atoms with Crippen molar-refractivity contribution in [3.05, 3.63) is 44.6 Å². The van der Waals surface area contributed by atoms with Crippen LogP contribution in [0.2, 0.25) is 0 Å². The van der Waals surface area contributed by atoms with Gasteiger partial charge in [-0.2, -0.15) is 0 Å². The molecule has 1 aromatic carbocycles. The van der Waals surface area contributed by atoms with E-state index in [9.17, 15) is 14.4 Å². The highest BCUT2D eigenvalue weighted by Crippen LogP contribution is 2.30. The van der Waals surface area contributed by atoms with Crippen molar-refractivity contribution in [3.63, 3.8) is 0 Å². The highest BCUT2D eigenvalue weighted by molar-refractivity contribution is 6.07. The minimum absolute atomic E-state index is 0.0330. The molecule has 0 saturated carbocycles.